The van der Waals surface area contributed by atoms with Crippen LogP contribution in [-0.2, 0) is 6.42 Å². The molecule has 2 aromatic rings. The third-order valence-corrected chi connectivity index (χ3v) is 3.35. The minimum absolute atomic E-state index is 0.0347. The number of hydrogen-bond acceptors (Lipinski definition) is 3. The number of nitrogen functional groups attached to an aromatic ring is 1. The van der Waals surface area contributed by atoms with Gasteiger partial charge in [-0.1, -0.05) is 29.8 Å². The molecular formula is C15H14ClNO2. The van der Waals surface area contributed by atoms with Crippen molar-refractivity contribution in [2.24, 2.45) is 0 Å². The van der Waals surface area contributed by atoms with E-state index in [1.807, 2.05) is 18.2 Å². The summed E-state index contributed by atoms with van der Waals surface area (Å²) in [6.07, 6.45) is 0.899. The van der Waals surface area contributed by atoms with Gasteiger partial charge in [-0.3, -0.25) is 0 Å². The zero-order valence-electron chi connectivity index (χ0n) is 10.3. The highest BCUT2D eigenvalue weighted by molar-refractivity contribution is 6.30. The minimum Gasteiger partial charge on any atom is -0.488 e. The van der Waals surface area contributed by atoms with Crippen LogP contribution in [0.1, 0.15) is 5.56 Å². The summed E-state index contributed by atoms with van der Waals surface area (Å²) in [7, 11) is 0. The molecule has 3 nitrogen and oxygen atoms in total. The molecule has 0 bridgehead atoms. The normalized spacial score (nSPS) is 16.8. The van der Waals surface area contributed by atoms with Gasteiger partial charge in [0, 0.05) is 11.4 Å². The summed E-state index contributed by atoms with van der Waals surface area (Å²) in [5, 5.41) is 0.606. The molecule has 0 spiro atoms. The average molecular weight is 276 g/mol. The number of ether oxygens (including phenoxy) is 2. The molecule has 0 fully saturated rings. The Kier molecular flexibility index (Phi) is 3.22. The van der Waals surface area contributed by atoms with Crippen molar-refractivity contribution in [2.75, 3.05) is 12.3 Å². The van der Waals surface area contributed by atoms with Crippen LogP contribution >= 0.6 is 11.6 Å². The lowest BCUT2D eigenvalue weighted by Crippen LogP contribution is -2.22. The molecule has 1 heterocycles. The third-order valence-electron chi connectivity index (χ3n) is 3.11. The van der Waals surface area contributed by atoms with Gasteiger partial charge in [-0.05, 0) is 29.8 Å². The summed E-state index contributed by atoms with van der Waals surface area (Å²) < 4.78 is 11.5. The Hall–Kier alpha value is -1.87. The van der Waals surface area contributed by atoms with Gasteiger partial charge in [0.2, 0.25) is 0 Å². The van der Waals surface area contributed by atoms with Crippen LogP contribution in [0.5, 0.6) is 11.5 Å². The highest BCUT2D eigenvalue weighted by atomic mass is 35.5. The molecule has 98 valence electrons. The Morgan fingerprint density at radius 3 is 2.89 bits per heavy atom. The second kappa shape index (κ2) is 5.02. The highest BCUT2D eigenvalue weighted by Gasteiger charge is 2.22. The molecule has 0 saturated heterocycles. The molecule has 1 aliphatic heterocycles. The van der Waals surface area contributed by atoms with Crippen LogP contribution in [0.2, 0.25) is 5.02 Å². The summed E-state index contributed by atoms with van der Waals surface area (Å²) >= 11 is 5.84. The Morgan fingerprint density at radius 2 is 2.11 bits per heavy atom. The number of halogens is 1. The van der Waals surface area contributed by atoms with Crippen LogP contribution in [0.4, 0.5) is 5.69 Å². The SMILES string of the molecule is Nc1cc(Cl)ccc1OCC1Cc2ccccc2O1. The first-order chi connectivity index (χ1) is 9.22. The molecule has 1 unspecified atom stereocenters. The van der Waals surface area contributed by atoms with Gasteiger partial charge < -0.3 is 15.2 Å². The largest absolute Gasteiger partial charge is 0.488 e. The Balaban J connectivity index is 1.63. The number of anilines is 1. The van der Waals surface area contributed by atoms with Crippen molar-refractivity contribution in [3.8, 4) is 11.5 Å². The van der Waals surface area contributed by atoms with Crippen LogP contribution in [0.25, 0.3) is 0 Å². The van der Waals surface area contributed by atoms with Crippen molar-refractivity contribution < 1.29 is 9.47 Å². The van der Waals surface area contributed by atoms with Gasteiger partial charge in [0.15, 0.2) is 0 Å². The van der Waals surface area contributed by atoms with Gasteiger partial charge in [-0.2, -0.15) is 0 Å². The van der Waals surface area contributed by atoms with Crippen LogP contribution in [0, 0.1) is 0 Å². The maximum atomic E-state index is 5.84. The predicted octanol–water partition coefficient (Wildman–Crippen LogP) is 3.30. The third kappa shape index (κ3) is 2.61. The molecule has 0 aromatic heterocycles. The molecule has 4 heteroatoms. The smallest absolute Gasteiger partial charge is 0.142 e. The Labute approximate surface area is 116 Å². The van der Waals surface area contributed by atoms with Gasteiger partial charge in [-0.25, -0.2) is 0 Å². The van der Waals surface area contributed by atoms with Crippen molar-refractivity contribution in [3.05, 3.63) is 53.1 Å². The molecule has 0 aliphatic carbocycles. The van der Waals surface area contributed by atoms with Crippen LogP contribution in [0.3, 0.4) is 0 Å². The van der Waals surface area contributed by atoms with Crippen LogP contribution in [0.15, 0.2) is 42.5 Å². The number of rotatable bonds is 3. The minimum atomic E-state index is 0.0347. The molecule has 2 aromatic carbocycles. The number of benzene rings is 2. The van der Waals surface area contributed by atoms with E-state index in [9.17, 15) is 0 Å². The van der Waals surface area contributed by atoms with Crippen molar-refractivity contribution in [1.82, 2.24) is 0 Å². The van der Waals surface area contributed by atoms with Crippen LogP contribution in [-0.4, -0.2) is 12.7 Å². The number of hydrogen-bond donors (Lipinski definition) is 1. The highest BCUT2D eigenvalue weighted by Crippen LogP contribution is 2.30. The summed E-state index contributed by atoms with van der Waals surface area (Å²) in [5.74, 6) is 1.59. The van der Waals surface area contributed by atoms with Gasteiger partial charge in [0.1, 0.15) is 24.2 Å². The number of fused-ring (bicyclic) bond motifs is 1. The average Bonchev–Trinajstić information content (AvgIpc) is 2.80. The summed E-state index contributed by atoms with van der Waals surface area (Å²) in [6, 6.07) is 13.3. The Bertz CT molecular complexity index is 575. The zero-order valence-corrected chi connectivity index (χ0v) is 11.1. The second-order valence-corrected chi connectivity index (χ2v) is 4.98. The van der Waals surface area contributed by atoms with E-state index in [4.69, 9.17) is 26.8 Å². The number of para-hydroxylation sites is 1. The lowest BCUT2D eigenvalue weighted by Gasteiger charge is -2.13. The molecule has 1 aliphatic rings. The van der Waals surface area contributed by atoms with Gasteiger partial charge >= 0.3 is 0 Å². The monoisotopic (exact) mass is 275 g/mol. The summed E-state index contributed by atoms with van der Waals surface area (Å²) in [6.45, 7) is 0.473. The molecule has 19 heavy (non-hydrogen) atoms. The maximum Gasteiger partial charge on any atom is 0.142 e. The van der Waals surface area contributed by atoms with E-state index in [0.29, 0.717) is 23.1 Å². The fraction of sp³-hybridized carbons (Fsp3) is 0.200. The van der Waals surface area contributed by atoms with E-state index >= 15 is 0 Å². The van der Waals surface area contributed by atoms with Gasteiger partial charge in [0.05, 0.1) is 5.69 Å². The maximum absolute atomic E-state index is 5.84. The topological polar surface area (TPSA) is 44.5 Å². The lowest BCUT2D eigenvalue weighted by atomic mass is 10.1. The fourth-order valence-corrected chi connectivity index (χ4v) is 2.36. The van der Waals surface area contributed by atoms with E-state index in [0.717, 1.165) is 12.2 Å². The summed E-state index contributed by atoms with van der Waals surface area (Å²) in [5.41, 5.74) is 7.61. The first-order valence-corrected chi connectivity index (χ1v) is 6.52. The molecule has 0 radical (unpaired) electrons. The first-order valence-electron chi connectivity index (χ1n) is 6.15. The molecule has 0 saturated carbocycles. The number of nitrogens with two attached hydrogens (primary N) is 1. The summed E-state index contributed by atoms with van der Waals surface area (Å²) in [4.78, 5) is 0. The van der Waals surface area contributed by atoms with Crippen molar-refractivity contribution in [2.45, 2.75) is 12.5 Å². The standard InChI is InChI=1S/C15H14ClNO2/c16-11-5-6-15(13(17)8-11)18-9-12-7-10-3-1-2-4-14(10)19-12/h1-6,8,12H,7,9,17H2. The van der Waals surface area contributed by atoms with Crippen molar-refractivity contribution in [3.63, 3.8) is 0 Å². The van der Waals surface area contributed by atoms with E-state index in [2.05, 4.69) is 6.07 Å². The fourth-order valence-electron chi connectivity index (χ4n) is 2.18. The van der Waals surface area contributed by atoms with E-state index in [1.54, 1.807) is 18.2 Å². The van der Waals surface area contributed by atoms with Crippen molar-refractivity contribution in [1.29, 1.82) is 0 Å². The molecule has 2 N–H and O–H groups in total. The van der Waals surface area contributed by atoms with E-state index in [-0.39, 0.29) is 6.10 Å². The van der Waals surface area contributed by atoms with Gasteiger partial charge in [0.25, 0.3) is 0 Å². The molecular weight excluding hydrogens is 262 g/mol. The van der Waals surface area contributed by atoms with Crippen LogP contribution < -0.4 is 15.2 Å². The second-order valence-electron chi connectivity index (χ2n) is 4.54. The van der Waals surface area contributed by atoms with E-state index < -0.39 is 0 Å². The van der Waals surface area contributed by atoms with Crippen molar-refractivity contribution >= 4 is 17.3 Å². The zero-order chi connectivity index (χ0) is 13.2. The molecule has 3 rings (SSSR count). The first kappa shape index (κ1) is 12.2. The van der Waals surface area contributed by atoms with Gasteiger partial charge in [-0.15, -0.1) is 0 Å². The molecule has 0 amide bonds. The lowest BCUT2D eigenvalue weighted by molar-refractivity contribution is 0.149. The predicted molar refractivity (Wildman–Crippen MR) is 75.9 cm³/mol. The Morgan fingerprint density at radius 1 is 1.26 bits per heavy atom. The quantitative estimate of drug-likeness (QED) is 0.874. The molecule has 1 atom stereocenters. The van der Waals surface area contributed by atoms with E-state index in [1.165, 1.54) is 5.56 Å².